The van der Waals surface area contributed by atoms with Crippen LogP contribution < -0.4 is 17.2 Å². The molecule has 5 heteroatoms. The van der Waals surface area contributed by atoms with E-state index in [9.17, 15) is 4.79 Å². The zero-order valence-electron chi connectivity index (χ0n) is 8.48. The molecule has 0 aromatic heterocycles. The van der Waals surface area contributed by atoms with Crippen molar-refractivity contribution in [1.82, 2.24) is 4.90 Å². The number of carbonyl (C=O) groups excluding carboxylic acids is 1. The van der Waals surface area contributed by atoms with Gasteiger partial charge in [0.25, 0.3) is 0 Å². The zero-order valence-corrected chi connectivity index (χ0v) is 8.48. The van der Waals surface area contributed by atoms with Gasteiger partial charge in [0.15, 0.2) is 5.78 Å². The minimum Gasteiger partial charge on any atom is -0.329 e. The Balaban J connectivity index is 4.00. The van der Waals surface area contributed by atoms with E-state index in [1.54, 1.807) is 0 Å². The van der Waals surface area contributed by atoms with Crippen molar-refractivity contribution in [2.75, 3.05) is 32.7 Å². The molecule has 0 aliphatic rings. The zero-order chi connectivity index (χ0) is 11.0. The third-order valence-corrected chi connectivity index (χ3v) is 1.91. The van der Waals surface area contributed by atoms with Crippen molar-refractivity contribution in [2.45, 2.75) is 6.04 Å². The monoisotopic (exact) mass is 200 g/mol. The number of nitrogens with zero attached hydrogens (tertiary/aromatic N) is 1. The summed E-state index contributed by atoms with van der Waals surface area (Å²) in [7, 11) is 0. The Morgan fingerprint density at radius 1 is 1.36 bits per heavy atom. The summed E-state index contributed by atoms with van der Waals surface area (Å²) in [6, 6.07) is -0.523. The number of hydrogen-bond acceptors (Lipinski definition) is 5. The van der Waals surface area contributed by atoms with Gasteiger partial charge in [-0.2, -0.15) is 0 Å². The van der Waals surface area contributed by atoms with E-state index >= 15 is 0 Å². The van der Waals surface area contributed by atoms with E-state index in [1.165, 1.54) is 6.08 Å². The lowest BCUT2D eigenvalue weighted by Crippen LogP contribution is -2.45. The summed E-state index contributed by atoms with van der Waals surface area (Å²) in [5.74, 6) is -0.149. The van der Waals surface area contributed by atoms with Gasteiger partial charge in [0.2, 0.25) is 0 Å². The van der Waals surface area contributed by atoms with Gasteiger partial charge in [-0.3, -0.25) is 9.69 Å². The number of nitrogens with two attached hydrogens (primary N) is 3. The first-order valence-corrected chi connectivity index (χ1v) is 4.70. The quantitative estimate of drug-likeness (QED) is 0.405. The average Bonchev–Trinajstić information content (AvgIpc) is 2.17. The molecule has 0 fully saturated rings. The first kappa shape index (κ1) is 13.2. The van der Waals surface area contributed by atoms with Crippen LogP contribution in [0.15, 0.2) is 12.7 Å². The van der Waals surface area contributed by atoms with Crippen molar-refractivity contribution in [3.8, 4) is 0 Å². The van der Waals surface area contributed by atoms with Crippen molar-refractivity contribution >= 4 is 5.78 Å². The second kappa shape index (κ2) is 7.64. The van der Waals surface area contributed by atoms with E-state index < -0.39 is 6.04 Å². The van der Waals surface area contributed by atoms with Crippen LogP contribution in [0.3, 0.4) is 0 Å². The molecule has 6 N–H and O–H groups in total. The summed E-state index contributed by atoms with van der Waals surface area (Å²) in [6.45, 7) is 6.35. The maximum atomic E-state index is 11.1. The van der Waals surface area contributed by atoms with Crippen molar-refractivity contribution in [3.05, 3.63) is 12.7 Å². The molecule has 0 aliphatic carbocycles. The second-order valence-corrected chi connectivity index (χ2v) is 3.09. The molecule has 0 aromatic rings. The largest absolute Gasteiger partial charge is 0.329 e. The van der Waals surface area contributed by atoms with E-state index in [1.807, 2.05) is 4.90 Å². The first-order chi connectivity index (χ1) is 6.65. The van der Waals surface area contributed by atoms with Crippen LogP contribution in [0.4, 0.5) is 0 Å². The van der Waals surface area contributed by atoms with Gasteiger partial charge in [-0.15, -0.1) is 0 Å². The Kier molecular flexibility index (Phi) is 7.23. The standard InChI is InChI=1S/C9H20N4O/c1-2-9(14)8(12)7-13(5-3-10)6-4-11/h2,8H,1,3-7,10-12H2. The fourth-order valence-corrected chi connectivity index (χ4v) is 1.18. The average molecular weight is 200 g/mol. The highest BCUT2D eigenvalue weighted by Crippen LogP contribution is 1.91. The maximum Gasteiger partial charge on any atom is 0.173 e. The molecule has 0 bridgehead atoms. The van der Waals surface area contributed by atoms with E-state index in [0.29, 0.717) is 32.7 Å². The lowest BCUT2D eigenvalue weighted by molar-refractivity contribution is -0.116. The molecule has 0 radical (unpaired) electrons. The molecular weight excluding hydrogens is 180 g/mol. The lowest BCUT2D eigenvalue weighted by Gasteiger charge is -2.23. The maximum absolute atomic E-state index is 11.1. The van der Waals surface area contributed by atoms with Crippen LogP contribution in [0.1, 0.15) is 0 Å². The van der Waals surface area contributed by atoms with Crippen LogP contribution in [-0.4, -0.2) is 49.4 Å². The molecule has 0 aromatic carbocycles. The van der Waals surface area contributed by atoms with Gasteiger partial charge in [-0.25, -0.2) is 0 Å². The van der Waals surface area contributed by atoms with Gasteiger partial charge in [-0.05, 0) is 6.08 Å². The van der Waals surface area contributed by atoms with Crippen LogP contribution >= 0.6 is 0 Å². The Hall–Kier alpha value is -0.750. The SMILES string of the molecule is C=CC(=O)C(N)CN(CCN)CCN. The fourth-order valence-electron chi connectivity index (χ4n) is 1.18. The summed E-state index contributed by atoms with van der Waals surface area (Å²) >= 11 is 0. The van der Waals surface area contributed by atoms with Gasteiger partial charge < -0.3 is 17.2 Å². The highest BCUT2D eigenvalue weighted by atomic mass is 16.1. The molecule has 1 atom stereocenters. The molecule has 0 saturated carbocycles. The van der Waals surface area contributed by atoms with Gasteiger partial charge in [0.1, 0.15) is 0 Å². The Morgan fingerprint density at radius 2 is 1.86 bits per heavy atom. The molecule has 0 heterocycles. The summed E-state index contributed by atoms with van der Waals surface area (Å²) < 4.78 is 0. The molecule has 5 nitrogen and oxygen atoms in total. The molecule has 0 aliphatic heterocycles. The number of carbonyl (C=O) groups is 1. The minimum absolute atomic E-state index is 0.149. The van der Waals surface area contributed by atoms with E-state index in [0.717, 1.165) is 0 Å². The van der Waals surface area contributed by atoms with Crippen LogP contribution in [-0.2, 0) is 4.79 Å². The summed E-state index contributed by atoms with van der Waals surface area (Å²) in [4.78, 5) is 13.1. The Labute approximate surface area is 84.9 Å². The summed E-state index contributed by atoms with van der Waals surface area (Å²) in [5, 5.41) is 0. The van der Waals surface area contributed by atoms with E-state index in [4.69, 9.17) is 17.2 Å². The highest BCUT2D eigenvalue weighted by Gasteiger charge is 2.13. The molecule has 82 valence electrons. The molecule has 0 amide bonds. The number of ketones is 1. The van der Waals surface area contributed by atoms with Crippen LogP contribution in [0.5, 0.6) is 0 Å². The van der Waals surface area contributed by atoms with Gasteiger partial charge >= 0.3 is 0 Å². The third-order valence-electron chi connectivity index (χ3n) is 1.91. The molecule has 1 unspecified atom stereocenters. The van der Waals surface area contributed by atoms with E-state index in [2.05, 4.69) is 6.58 Å². The molecule has 0 rings (SSSR count). The number of rotatable bonds is 8. The molecule has 0 saturated heterocycles. The van der Waals surface area contributed by atoms with Crippen LogP contribution in [0.2, 0.25) is 0 Å². The van der Waals surface area contributed by atoms with Crippen molar-refractivity contribution in [2.24, 2.45) is 17.2 Å². The van der Waals surface area contributed by atoms with Crippen molar-refractivity contribution < 1.29 is 4.79 Å². The molecule has 14 heavy (non-hydrogen) atoms. The van der Waals surface area contributed by atoms with Crippen LogP contribution in [0.25, 0.3) is 0 Å². The lowest BCUT2D eigenvalue weighted by atomic mass is 10.2. The normalized spacial score (nSPS) is 12.9. The van der Waals surface area contributed by atoms with Gasteiger partial charge in [0.05, 0.1) is 6.04 Å². The minimum atomic E-state index is -0.523. The summed E-state index contributed by atoms with van der Waals surface area (Å²) in [5.41, 5.74) is 16.5. The van der Waals surface area contributed by atoms with Crippen LogP contribution in [0, 0.1) is 0 Å². The molecule has 0 spiro atoms. The predicted molar refractivity (Wildman–Crippen MR) is 57.7 cm³/mol. The predicted octanol–water partition coefficient (Wildman–Crippen LogP) is -1.71. The summed E-state index contributed by atoms with van der Waals surface area (Å²) in [6.07, 6.45) is 1.24. The fraction of sp³-hybridized carbons (Fsp3) is 0.667. The third kappa shape index (κ3) is 5.08. The Morgan fingerprint density at radius 3 is 2.21 bits per heavy atom. The topological polar surface area (TPSA) is 98.4 Å². The van der Waals surface area contributed by atoms with Crippen molar-refractivity contribution in [1.29, 1.82) is 0 Å². The number of hydrogen-bond donors (Lipinski definition) is 3. The smallest absolute Gasteiger partial charge is 0.173 e. The van der Waals surface area contributed by atoms with Crippen molar-refractivity contribution in [3.63, 3.8) is 0 Å². The second-order valence-electron chi connectivity index (χ2n) is 3.09. The van der Waals surface area contributed by atoms with Gasteiger partial charge in [0, 0.05) is 32.7 Å². The Bertz CT molecular complexity index is 178. The van der Waals surface area contributed by atoms with E-state index in [-0.39, 0.29) is 5.78 Å². The highest BCUT2D eigenvalue weighted by molar-refractivity contribution is 5.93. The van der Waals surface area contributed by atoms with Gasteiger partial charge in [-0.1, -0.05) is 6.58 Å². The first-order valence-electron chi connectivity index (χ1n) is 4.70. The molecular formula is C9H20N4O.